The van der Waals surface area contributed by atoms with E-state index < -0.39 is 0 Å². The average Bonchev–Trinajstić information content (AvgIpc) is 2.50. The van der Waals surface area contributed by atoms with E-state index >= 15 is 0 Å². The first-order chi connectivity index (χ1) is 10.1. The number of aromatic hydroxyl groups is 1. The number of fused-ring (bicyclic) bond motifs is 1. The Bertz CT molecular complexity index is 697. The summed E-state index contributed by atoms with van der Waals surface area (Å²) in [6, 6.07) is 10.9. The Hall–Kier alpha value is -1.81. The molecule has 2 aromatic carbocycles. The van der Waals surface area contributed by atoms with Crippen LogP contribution in [-0.2, 0) is 12.8 Å². The molecule has 0 atom stereocenters. The Kier molecular flexibility index (Phi) is 3.97. The minimum Gasteiger partial charge on any atom is -0.507 e. The first-order valence-corrected chi connectivity index (χ1v) is 7.85. The Morgan fingerprint density at radius 3 is 2.81 bits per heavy atom. The largest absolute Gasteiger partial charge is 0.507 e. The van der Waals surface area contributed by atoms with Gasteiger partial charge in [0.15, 0.2) is 0 Å². The van der Waals surface area contributed by atoms with Crippen molar-refractivity contribution in [2.75, 3.05) is 5.32 Å². The number of carbonyl (C=O) groups excluding carboxylic acids is 1. The van der Waals surface area contributed by atoms with Gasteiger partial charge in [0.2, 0.25) is 0 Å². The molecule has 0 aliphatic heterocycles. The van der Waals surface area contributed by atoms with Crippen molar-refractivity contribution in [3.63, 3.8) is 0 Å². The fourth-order valence-corrected chi connectivity index (χ4v) is 3.14. The predicted octanol–water partition coefficient (Wildman–Crippen LogP) is 4.29. The van der Waals surface area contributed by atoms with E-state index in [9.17, 15) is 9.90 Å². The van der Waals surface area contributed by atoms with Crippen LogP contribution in [0.3, 0.4) is 0 Å². The molecular weight excluding hydrogens is 330 g/mol. The van der Waals surface area contributed by atoms with Gasteiger partial charge in [0, 0.05) is 10.2 Å². The average molecular weight is 346 g/mol. The number of benzene rings is 2. The maximum atomic E-state index is 12.4. The quantitative estimate of drug-likeness (QED) is 0.852. The van der Waals surface area contributed by atoms with Crippen molar-refractivity contribution in [2.45, 2.75) is 25.7 Å². The van der Waals surface area contributed by atoms with Crippen molar-refractivity contribution in [1.82, 2.24) is 0 Å². The molecule has 3 nitrogen and oxygen atoms in total. The van der Waals surface area contributed by atoms with Crippen LogP contribution >= 0.6 is 15.9 Å². The standard InChI is InChI=1S/C17H16BrNO2/c18-12-8-9-16(20)14(10-12)17(21)19-15-7-3-5-11-4-1-2-6-13(11)15/h3,5,7-10,20H,1-2,4,6H2,(H,19,21). The van der Waals surface area contributed by atoms with Crippen LogP contribution in [0.2, 0.25) is 0 Å². The molecule has 0 spiro atoms. The highest BCUT2D eigenvalue weighted by Gasteiger charge is 2.17. The van der Waals surface area contributed by atoms with Gasteiger partial charge in [-0.3, -0.25) is 4.79 Å². The fraction of sp³-hybridized carbons (Fsp3) is 0.235. The smallest absolute Gasteiger partial charge is 0.259 e. The Morgan fingerprint density at radius 2 is 1.95 bits per heavy atom. The van der Waals surface area contributed by atoms with Gasteiger partial charge < -0.3 is 10.4 Å². The van der Waals surface area contributed by atoms with Gasteiger partial charge in [-0.05, 0) is 61.1 Å². The third kappa shape index (κ3) is 2.95. The van der Waals surface area contributed by atoms with Crippen molar-refractivity contribution < 1.29 is 9.90 Å². The number of rotatable bonds is 2. The molecule has 1 aliphatic carbocycles. The van der Waals surface area contributed by atoms with Crippen LogP contribution in [0.4, 0.5) is 5.69 Å². The Balaban J connectivity index is 1.90. The monoisotopic (exact) mass is 345 g/mol. The topological polar surface area (TPSA) is 49.3 Å². The highest BCUT2D eigenvalue weighted by atomic mass is 79.9. The SMILES string of the molecule is O=C(Nc1cccc2c1CCCC2)c1cc(Br)ccc1O. The van der Waals surface area contributed by atoms with Crippen molar-refractivity contribution in [3.05, 3.63) is 57.6 Å². The lowest BCUT2D eigenvalue weighted by Crippen LogP contribution is -2.15. The molecule has 0 heterocycles. The van der Waals surface area contributed by atoms with Gasteiger partial charge in [-0.1, -0.05) is 28.1 Å². The van der Waals surface area contributed by atoms with Gasteiger partial charge in [-0.2, -0.15) is 0 Å². The molecule has 1 aliphatic rings. The number of anilines is 1. The van der Waals surface area contributed by atoms with Crippen LogP contribution in [0.5, 0.6) is 5.75 Å². The summed E-state index contributed by atoms with van der Waals surface area (Å²) in [7, 11) is 0. The van der Waals surface area contributed by atoms with Crippen molar-refractivity contribution in [2.24, 2.45) is 0 Å². The first-order valence-electron chi connectivity index (χ1n) is 7.06. The molecule has 1 amide bonds. The Morgan fingerprint density at radius 1 is 1.14 bits per heavy atom. The van der Waals surface area contributed by atoms with E-state index in [-0.39, 0.29) is 17.2 Å². The molecule has 2 aromatic rings. The lowest BCUT2D eigenvalue weighted by atomic mass is 9.90. The van der Waals surface area contributed by atoms with Crippen molar-refractivity contribution >= 4 is 27.5 Å². The number of carbonyl (C=O) groups is 1. The molecule has 0 bridgehead atoms. The van der Waals surface area contributed by atoms with Gasteiger partial charge in [-0.15, -0.1) is 0 Å². The van der Waals surface area contributed by atoms with Gasteiger partial charge in [0.05, 0.1) is 5.56 Å². The summed E-state index contributed by atoms with van der Waals surface area (Å²) in [5, 5.41) is 12.8. The molecular formula is C17H16BrNO2. The zero-order valence-electron chi connectivity index (χ0n) is 11.5. The third-order valence-corrected chi connectivity index (χ3v) is 4.34. The zero-order chi connectivity index (χ0) is 14.8. The minimum atomic E-state index is -0.284. The van der Waals surface area contributed by atoms with Crippen molar-refractivity contribution in [3.8, 4) is 5.75 Å². The minimum absolute atomic E-state index is 0.0134. The van der Waals surface area contributed by atoms with E-state index in [4.69, 9.17) is 0 Å². The normalized spacial score (nSPS) is 13.6. The lowest BCUT2D eigenvalue weighted by Gasteiger charge is -2.19. The zero-order valence-corrected chi connectivity index (χ0v) is 13.1. The number of halogens is 1. The molecule has 0 fully saturated rings. The van der Waals surface area contributed by atoms with E-state index in [2.05, 4.69) is 27.3 Å². The molecule has 108 valence electrons. The molecule has 2 N–H and O–H groups in total. The summed E-state index contributed by atoms with van der Waals surface area (Å²) in [6.07, 6.45) is 4.43. The van der Waals surface area contributed by atoms with Crippen LogP contribution in [-0.4, -0.2) is 11.0 Å². The van der Waals surface area contributed by atoms with Crippen LogP contribution in [0.25, 0.3) is 0 Å². The highest BCUT2D eigenvalue weighted by Crippen LogP contribution is 2.29. The maximum Gasteiger partial charge on any atom is 0.259 e. The third-order valence-electron chi connectivity index (χ3n) is 3.85. The first kappa shape index (κ1) is 14.1. The molecule has 21 heavy (non-hydrogen) atoms. The van der Waals surface area contributed by atoms with Gasteiger partial charge in [-0.25, -0.2) is 0 Å². The molecule has 3 rings (SSSR count). The summed E-state index contributed by atoms with van der Waals surface area (Å²) in [5.41, 5.74) is 3.68. The van der Waals surface area contributed by atoms with Crippen molar-refractivity contribution in [1.29, 1.82) is 0 Å². The van der Waals surface area contributed by atoms with Gasteiger partial charge in [0.1, 0.15) is 5.75 Å². The lowest BCUT2D eigenvalue weighted by molar-refractivity contribution is 0.102. The number of phenolic OH excluding ortho intramolecular Hbond substituents is 1. The summed E-state index contributed by atoms with van der Waals surface area (Å²) in [6.45, 7) is 0. The highest BCUT2D eigenvalue weighted by molar-refractivity contribution is 9.10. The molecule has 0 saturated heterocycles. The maximum absolute atomic E-state index is 12.4. The van der Waals surface area contributed by atoms with Gasteiger partial charge in [0.25, 0.3) is 5.91 Å². The summed E-state index contributed by atoms with van der Waals surface area (Å²) >= 11 is 3.32. The van der Waals surface area contributed by atoms with E-state index in [0.29, 0.717) is 0 Å². The van der Waals surface area contributed by atoms with E-state index in [1.54, 1.807) is 12.1 Å². The molecule has 0 aromatic heterocycles. The second-order valence-electron chi connectivity index (χ2n) is 5.27. The second kappa shape index (κ2) is 5.90. The van der Waals surface area contributed by atoms with E-state index in [1.807, 2.05) is 12.1 Å². The van der Waals surface area contributed by atoms with Crippen LogP contribution in [0.15, 0.2) is 40.9 Å². The number of hydrogen-bond donors (Lipinski definition) is 2. The van der Waals surface area contributed by atoms with E-state index in [1.165, 1.54) is 23.6 Å². The van der Waals surface area contributed by atoms with Crippen LogP contribution < -0.4 is 5.32 Å². The number of hydrogen-bond acceptors (Lipinski definition) is 2. The number of phenols is 1. The molecule has 0 unspecified atom stereocenters. The van der Waals surface area contributed by atoms with Gasteiger partial charge >= 0.3 is 0 Å². The summed E-state index contributed by atoms with van der Waals surface area (Å²) < 4.78 is 0.764. The van der Waals surface area contributed by atoms with Crippen LogP contribution in [0.1, 0.15) is 34.3 Å². The predicted molar refractivity (Wildman–Crippen MR) is 86.8 cm³/mol. The fourth-order valence-electron chi connectivity index (χ4n) is 2.78. The number of amides is 1. The molecule has 0 saturated carbocycles. The second-order valence-corrected chi connectivity index (χ2v) is 6.18. The summed E-state index contributed by atoms with van der Waals surface area (Å²) in [4.78, 5) is 12.4. The molecule has 4 heteroatoms. The summed E-state index contributed by atoms with van der Waals surface area (Å²) in [5.74, 6) is -0.298. The number of aryl methyl sites for hydroxylation is 1. The Labute approximate surface area is 132 Å². The van der Waals surface area contributed by atoms with Crippen LogP contribution in [0, 0.1) is 0 Å². The molecule has 0 radical (unpaired) electrons. The van der Waals surface area contributed by atoms with E-state index in [0.717, 1.165) is 29.4 Å². The number of nitrogens with one attached hydrogen (secondary N) is 1.